The molecule has 0 aromatic carbocycles. The van der Waals surface area contributed by atoms with Crippen LogP contribution in [0, 0.1) is 6.92 Å². The Hall–Kier alpha value is -0.870. The lowest BCUT2D eigenvalue weighted by Gasteiger charge is -2.32. The minimum absolute atomic E-state index is 0. The summed E-state index contributed by atoms with van der Waals surface area (Å²) >= 11 is 0. The third-order valence-electron chi connectivity index (χ3n) is 3.01. The zero-order valence-electron chi connectivity index (χ0n) is 9.81. The van der Waals surface area contributed by atoms with Gasteiger partial charge in [0.1, 0.15) is 0 Å². The average Bonchev–Trinajstić information content (AvgIpc) is 2.30. The SMILES string of the molecule is CNC1CCN(c2ccc(C)nn2)CC1.Cl. The van der Waals surface area contributed by atoms with E-state index in [0.717, 1.165) is 24.6 Å². The fourth-order valence-corrected chi connectivity index (χ4v) is 1.96. The highest BCUT2D eigenvalue weighted by Gasteiger charge is 2.18. The first-order valence-corrected chi connectivity index (χ1v) is 5.52. The third kappa shape index (κ3) is 3.06. The topological polar surface area (TPSA) is 41.0 Å². The maximum absolute atomic E-state index is 4.21. The molecule has 1 saturated heterocycles. The molecule has 0 saturated carbocycles. The van der Waals surface area contributed by atoms with Crippen molar-refractivity contribution in [3.05, 3.63) is 17.8 Å². The monoisotopic (exact) mass is 242 g/mol. The van der Waals surface area contributed by atoms with Crippen LogP contribution in [0.2, 0.25) is 0 Å². The Bertz CT molecular complexity index is 306. The molecule has 0 bridgehead atoms. The Morgan fingerprint density at radius 1 is 1.25 bits per heavy atom. The molecule has 90 valence electrons. The smallest absolute Gasteiger partial charge is 0.151 e. The zero-order valence-corrected chi connectivity index (χ0v) is 10.6. The lowest BCUT2D eigenvalue weighted by Crippen LogP contribution is -2.41. The number of hydrogen-bond donors (Lipinski definition) is 1. The number of anilines is 1. The summed E-state index contributed by atoms with van der Waals surface area (Å²) in [6, 6.07) is 4.74. The Balaban J connectivity index is 0.00000128. The molecule has 0 amide bonds. The number of nitrogens with zero attached hydrogens (tertiary/aromatic N) is 3. The van der Waals surface area contributed by atoms with Crippen LogP contribution in [-0.4, -0.2) is 36.4 Å². The van der Waals surface area contributed by atoms with Crippen molar-refractivity contribution in [2.75, 3.05) is 25.0 Å². The van der Waals surface area contributed by atoms with Crippen LogP contribution in [0.15, 0.2) is 12.1 Å². The number of rotatable bonds is 2. The van der Waals surface area contributed by atoms with E-state index in [9.17, 15) is 0 Å². The molecule has 0 spiro atoms. The average molecular weight is 243 g/mol. The van der Waals surface area contributed by atoms with Gasteiger partial charge in [-0.1, -0.05) is 0 Å². The van der Waals surface area contributed by atoms with Crippen molar-refractivity contribution >= 4 is 18.2 Å². The van der Waals surface area contributed by atoms with Crippen molar-refractivity contribution in [2.45, 2.75) is 25.8 Å². The fourth-order valence-electron chi connectivity index (χ4n) is 1.96. The van der Waals surface area contributed by atoms with Crippen LogP contribution in [0.25, 0.3) is 0 Å². The first-order valence-electron chi connectivity index (χ1n) is 5.52. The van der Waals surface area contributed by atoms with Gasteiger partial charge in [0.25, 0.3) is 0 Å². The summed E-state index contributed by atoms with van der Waals surface area (Å²) < 4.78 is 0. The second kappa shape index (κ2) is 6.01. The zero-order chi connectivity index (χ0) is 10.7. The van der Waals surface area contributed by atoms with Crippen molar-refractivity contribution in [3.63, 3.8) is 0 Å². The predicted molar refractivity (Wildman–Crippen MR) is 68.3 cm³/mol. The molecule has 4 nitrogen and oxygen atoms in total. The van der Waals surface area contributed by atoms with Gasteiger partial charge in [-0.2, -0.15) is 5.10 Å². The molecule has 0 unspecified atom stereocenters. The summed E-state index contributed by atoms with van der Waals surface area (Å²) in [5.74, 6) is 1.01. The molecule has 1 fully saturated rings. The second-order valence-electron chi connectivity index (χ2n) is 4.08. The molecule has 0 aliphatic carbocycles. The minimum Gasteiger partial charge on any atom is -0.355 e. The molecule has 1 aromatic rings. The minimum atomic E-state index is 0. The van der Waals surface area contributed by atoms with Crippen LogP contribution in [0.5, 0.6) is 0 Å². The summed E-state index contributed by atoms with van der Waals surface area (Å²) in [5.41, 5.74) is 0.976. The van der Waals surface area contributed by atoms with Crippen molar-refractivity contribution in [1.82, 2.24) is 15.5 Å². The highest BCUT2D eigenvalue weighted by Crippen LogP contribution is 2.16. The highest BCUT2D eigenvalue weighted by molar-refractivity contribution is 5.85. The first-order chi connectivity index (χ1) is 7.29. The van der Waals surface area contributed by atoms with Crippen LogP contribution in [0.3, 0.4) is 0 Å². The van der Waals surface area contributed by atoms with Gasteiger partial charge >= 0.3 is 0 Å². The van der Waals surface area contributed by atoms with Crippen molar-refractivity contribution in [1.29, 1.82) is 0 Å². The number of hydrogen-bond acceptors (Lipinski definition) is 4. The standard InChI is InChI=1S/C11H18N4.ClH/c1-9-3-4-11(14-13-9)15-7-5-10(12-2)6-8-15;/h3-4,10,12H,5-8H2,1-2H3;1H. The van der Waals surface area contributed by atoms with Gasteiger partial charge in [-0.25, -0.2) is 0 Å². The Morgan fingerprint density at radius 2 is 1.94 bits per heavy atom. The number of piperidine rings is 1. The van der Waals surface area contributed by atoms with E-state index in [1.54, 1.807) is 0 Å². The van der Waals surface area contributed by atoms with E-state index < -0.39 is 0 Å². The van der Waals surface area contributed by atoms with Crippen LogP contribution in [0.4, 0.5) is 5.82 Å². The quantitative estimate of drug-likeness (QED) is 0.851. The molecule has 16 heavy (non-hydrogen) atoms. The van der Waals surface area contributed by atoms with Crippen LogP contribution in [-0.2, 0) is 0 Å². The van der Waals surface area contributed by atoms with Crippen molar-refractivity contribution in [2.24, 2.45) is 0 Å². The van der Waals surface area contributed by atoms with Crippen molar-refractivity contribution < 1.29 is 0 Å². The van der Waals surface area contributed by atoms with E-state index in [1.165, 1.54) is 12.8 Å². The van der Waals surface area contributed by atoms with Crippen molar-refractivity contribution in [3.8, 4) is 0 Å². The molecule has 1 aromatic heterocycles. The summed E-state index contributed by atoms with van der Waals surface area (Å²) in [6.07, 6.45) is 2.37. The maximum Gasteiger partial charge on any atom is 0.151 e. The van der Waals surface area contributed by atoms with Gasteiger partial charge in [0.05, 0.1) is 5.69 Å². The summed E-state index contributed by atoms with van der Waals surface area (Å²) in [5, 5.41) is 11.6. The summed E-state index contributed by atoms with van der Waals surface area (Å²) in [7, 11) is 2.03. The number of aryl methyl sites for hydroxylation is 1. The summed E-state index contributed by atoms with van der Waals surface area (Å²) in [6.45, 7) is 4.11. The largest absolute Gasteiger partial charge is 0.355 e. The molecule has 2 rings (SSSR count). The van der Waals surface area contributed by atoms with E-state index in [0.29, 0.717) is 6.04 Å². The van der Waals surface area contributed by atoms with Crippen LogP contribution < -0.4 is 10.2 Å². The number of nitrogens with one attached hydrogen (secondary N) is 1. The predicted octanol–water partition coefficient (Wildman–Crippen LogP) is 1.40. The molecule has 2 heterocycles. The van der Waals surface area contributed by atoms with E-state index in [1.807, 2.05) is 20.0 Å². The first kappa shape index (κ1) is 13.2. The van der Waals surface area contributed by atoms with Gasteiger partial charge in [0.2, 0.25) is 0 Å². The third-order valence-corrected chi connectivity index (χ3v) is 3.01. The van der Waals surface area contributed by atoms with E-state index in [2.05, 4.69) is 26.5 Å². The van der Waals surface area contributed by atoms with E-state index in [4.69, 9.17) is 0 Å². The Morgan fingerprint density at radius 3 is 2.44 bits per heavy atom. The highest BCUT2D eigenvalue weighted by atomic mass is 35.5. The normalized spacial score (nSPS) is 17.0. The molecule has 1 aliphatic rings. The van der Waals surface area contributed by atoms with Gasteiger partial charge in [-0.05, 0) is 38.9 Å². The van der Waals surface area contributed by atoms with Gasteiger partial charge in [-0.15, -0.1) is 17.5 Å². The molecule has 5 heteroatoms. The number of halogens is 1. The number of aromatic nitrogens is 2. The molecule has 0 atom stereocenters. The fraction of sp³-hybridized carbons (Fsp3) is 0.636. The summed E-state index contributed by atoms with van der Waals surface area (Å²) in [4.78, 5) is 2.31. The molecular formula is C11H19ClN4. The lowest BCUT2D eigenvalue weighted by atomic mass is 10.1. The Kier molecular flexibility index (Phi) is 4.96. The van der Waals surface area contributed by atoms with Gasteiger partial charge in [-0.3, -0.25) is 0 Å². The maximum atomic E-state index is 4.21. The molecule has 1 N–H and O–H groups in total. The van der Waals surface area contributed by atoms with E-state index in [-0.39, 0.29) is 12.4 Å². The molecule has 1 aliphatic heterocycles. The van der Waals surface area contributed by atoms with Gasteiger partial charge in [0.15, 0.2) is 5.82 Å². The van der Waals surface area contributed by atoms with Crippen LogP contribution in [0.1, 0.15) is 18.5 Å². The van der Waals surface area contributed by atoms with E-state index >= 15 is 0 Å². The van der Waals surface area contributed by atoms with Gasteiger partial charge < -0.3 is 10.2 Å². The second-order valence-corrected chi connectivity index (χ2v) is 4.08. The Labute approximate surface area is 103 Å². The molecular weight excluding hydrogens is 224 g/mol. The van der Waals surface area contributed by atoms with Gasteiger partial charge in [0, 0.05) is 19.1 Å². The molecule has 0 radical (unpaired) electrons. The van der Waals surface area contributed by atoms with Crippen LogP contribution >= 0.6 is 12.4 Å². The lowest BCUT2D eigenvalue weighted by molar-refractivity contribution is 0.440.